The number of anilines is 1. The van der Waals surface area contributed by atoms with Crippen molar-refractivity contribution >= 4 is 21.6 Å². The molecule has 0 radical (unpaired) electrons. The summed E-state index contributed by atoms with van der Waals surface area (Å²) in [5.74, 6) is 0.241. The lowest BCUT2D eigenvalue weighted by atomic mass is 9.83. The molecule has 3 aromatic rings. The van der Waals surface area contributed by atoms with E-state index in [-0.39, 0.29) is 22.4 Å². The highest BCUT2D eigenvalue weighted by atomic mass is 32.2. The maximum absolute atomic E-state index is 13.8. The first-order chi connectivity index (χ1) is 18.7. The van der Waals surface area contributed by atoms with Gasteiger partial charge in [-0.05, 0) is 55.3 Å². The predicted molar refractivity (Wildman–Crippen MR) is 146 cm³/mol. The van der Waals surface area contributed by atoms with Gasteiger partial charge in [-0.1, -0.05) is 32.0 Å². The summed E-state index contributed by atoms with van der Waals surface area (Å²) in [6.07, 6.45) is 2.04. The molecule has 0 bridgehead atoms. The molecule has 208 valence electrons. The van der Waals surface area contributed by atoms with Crippen LogP contribution in [0, 0.1) is 5.82 Å². The molecule has 1 aliphatic heterocycles. The number of carbonyl (C=O) groups excluding carboxylic acids is 1. The van der Waals surface area contributed by atoms with Gasteiger partial charge in [0.2, 0.25) is 5.91 Å². The van der Waals surface area contributed by atoms with E-state index in [2.05, 4.69) is 5.32 Å². The number of ether oxygens (including phenoxy) is 3. The van der Waals surface area contributed by atoms with Gasteiger partial charge in [-0.15, -0.1) is 0 Å². The number of carbonyl (C=O) groups is 1. The van der Waals surface area contributed by atoms with E-state index >= 15 is 0 Å². The van der Waals surface area contributed by atoms with Crippen molar-refractivity contribution in [2.24, 2.45) is 0 Å². The number of halogens is 1. The van der Waals surface area contributed by atoms with Crippen LogP contribution in [0.2, 0.25) is 0 Å². The SMILES string of the molecule is CCC1(CC)CC(NC(=O)CN(c2ccc(F)cc2)S(=O)(=O)c2ccc(OC)c(OC)c2)c2ccccc2O1. The largest absolute Gasteiger partial charge is 0.493 e. The van der Waals surface area contributed by atoms with E-state index in [1.54, 1.807) is 0 Å². The lowest BCUT2D eigenvalue weighted by molar-refractivity contribution is -0.121. The Balaban J connectivity index is 1.68. The van der Waals surface area contributed by atoms with Crippen LogP contribution in [0.4, 0.5) is 10.1 Å². The number of hydrogen-bond donors (Lipinski definition) is 1. The van der Waals surface area contributed by atoms with Crippen LogP contribution < -0.4 is 23.8 Å². The van der Waals surface area contributed by atoms with E-state index in [1.807, 2.05) is 38.1 Å². The topological polar surface area (TPSA) is 94.2 Å². The van der Waals surface area contributed by atoms with Crippen molar-refractivity contribution in [2.45, 2.75) is 49.6 Å². The van der Waals surface area contributed by atoms with Crippen molar-refractivity contribution in [2.75, 3.05) is 25.1 Å². The number of methoxy groups -OCH3 is 2. The molecule has 0 fully saturated rings. The second kappa shape index (κ2) is 11.5. The number of nitrogens with one attached hydrogen (secondary N) is 1. The minimum Gasteiger partial charge on any atom is -0.493 e. The van der Waals surface area contributed by atoms with E-state index in [9.17, 15) is 17.6 Å². The zero-order valence-corrected chi connectivity index (χ0v) is 23.3. The standard InChI is InChI=1S/C29H33FN2O6S/c1-5-29(6-2)18-24(23-9-7-8-10-25(23)38-29)31-28(33)19-32(21-13-11-20(30)12-14-21)39(34,35)22-15-16-26(36-3)27(17-22)37-4/h7-17,24H,5-6,18-19H2,1-4H3,(H,31,33). The van der Waals surface area contributed by atoms with Crippen molar-refractivity contribution in [1.82, 2.24) is 5.32 Å². The van der Waals surface area contributed by atoms with Gasteiger partial charge in [0.05, 0.1) is 30.8 Å². The molecule has 1 heterocycles. The van der Waals surface area contributed by atoms with Gasteiger partial charge in [0.25, 0.3) is 10.0 Å². The van der Waals surface area contributed by atoms with Crippen LogP contribution in [-0.4, -0.2) is 40.7 Å². The molecular formula is C29H33FN2O6S. The molecule has 39 heavy (non-hydrogen) atoms. The third kappa shape index (κ3) is 5.80. The first kappa shape index (κ1) is 28.2. The van der Waals surface area contributed by atoms with Crippen molar-refractivity contribution < 1.29 is 31.8 Å². The Morgan fingerprint density at radius 1 is 1.03 bits per heavy atom. The summed E-state index contributed by atoms with van der Waals surface area (Å²) < 4.78 is 59.2. The first-order valence-electron chi connectivity index (χ1n) is 12.7. The predicted octanol–water partition coefficient (Wildman–Crippen LogP) is 5.24. The van der Waals surface area contributed by atoms with Crippen molar-refractivity contribution in [1.29, 1.82) is 0 Å². The summed E-state index contributed by atoms with van der Waals surface area (Å²) in [6.45, 7) is 3.57. The average Bonchev–Trinajstić information content (AvgIpc) is 2.95. The Kier molecular flexibility index (Phi) is 8.34. The lowest BCUT2D eigenvalue weighted by Gasteiger charge is -2.41. The Hall–Kier alpha value is -3.79. The van der Waals surface area contributed by atoms with Gasteiger partial charge in [-0.2, -0.15) is 0 Å². The average molecular weight is 557 g/mol. The molecule has 1 amide bonds. The number of benzene rings is 3. The molecular weight excluding hydrogens is 523 g/mol. The highest BCUT2D eigenvalue weighted by Crippen LogP contribution is 2.42. The lowest BCUT2D eigenvalue weighted by Crippen LogP contribution is -2.47. The van der Waals surface area contributed by atoms with Gasteiger partial charge in [0.1, 0.15) is 23.7 Å². The summed E-state index contributed by atoms with van der Waals surface area (Å²) in [6, 6.07) is 16.3. The van der Waals surface area contributed by atoms with E-state index in [0.29, 0.717) is 17.9 Å². The van der Waals surface area contributed by atoms with Crippen LogP contribution in [0.3, 0.4) is 0 Å². The molecule has 1 N–H and O–H groups in total. The minimum atomic E-state index is -4.26. The summed E-state index contributed by atoms with van der Waals surface area (Å²) in [5, 5.41) is 3.03. The highest BCUT2D eigenvalue weighted by Gasteiger charge is 2.39. The third-order valence-electron chi connectivity index (χ3n) is 7.17. The molecule has 0 aliphatic carbocycles. The number of hydrogen-bond acceptors (Lipinski definition) is 6. The molecule has 3 aromatic carbocycles. The van der Waals surface area contributed by atoms with Crippen LogP contribution >= 0.6 is 0 Å². The number of amides is 1. The third-order valence-corrected chi connectivity index (χ3v) is 8.94. The molecule has 0 spiro atoms. The van der Waals surface area contributed by atoms with Crippen LogP contribution in [0.5, 0.6) is 17.2 Å². The number of fused-ring (bicyclic) bond motifs is 1. The first-order valence-corrected chi connectivity index (χ1v) is 14.2. The number of nitrogens with zero attached hydrogens (tertiary/aromatic N) is 1. The fraction of sp³-hybridized carbons (Fsp3) is 0.345. The fourth-order valence-corrected chi connectivity index (χ4v) is 6.26. The van der Waals surface area contributed by atoms with Gasteiger partial charge >= 0.3 is 0 Å². The minimum absolute atomic E-state index is 0.107. The smallest absolute Gasteiger partial charge is 0.264 e. The van der Waals surface area contributed by atoms with Crippen molar-refractivity contribution in [3.05, 3.63) is 78.1 Å². The summed E-state index contributed by atoms with van der Waals surface area (Å²) in [4.78, 5) is 13.4. The van der Waals surface area contributed by atoms with Crippen molar-refractivity contribution in [3.8, 4) is 17.2 Å². The Morgan fingerprint density at radius 2 is 1.69 bits per heavy atom. The number of rotatable bonds is 10. The fourth-order valence-electron chi connectivity index (χ4n) is 4.83. The Labute approximate surface area is 228 Å². The maximum Gasteiger partial charge on any atom is 0.264 e. The second-order valence-electron chi connectivity index (χ2n) is 9.36. The van der Waals surface area contributed by atoms with E-state index in [4.69, 9.17) is 14.2 Å². The van der Waals surface area contributed by atoms with E-state index in [0.717, 1.165) is 34.8 Å². The van der Waals surface area contributed by atoms with Gasteiger partial charge in [-0.3, -0.25) is 9.10 Å². The van der Waals surface area contributed by atoms with E-state index < -0.39 is 33.9 Å². The molecule has 0 saturated heterocycles. The zero-order chi connectivity index (χ0) is 28.2. The van der Waals surface area contributed by atoms with Crippen LogP contribution in [0.25, 0.3) is 0 Å². The summed E-state index contributed by atoms with van der Waals surface area (Å²) >= 11 is 0. The van der Waals surface area contributed by atoms with Crippen molar-refractivity contribution in [3.63, 3.8) is 0 Å². The van der Waals surface area contributed by atoms with Crippen LogP contribution in [0.15, 0.2) is 71.6 Å². The summed E-state index contributed by atoms with van der Waals surface area (Å²) in [5.41, 5.74) is 0.527. The molecule has 0 aromatic heterocycles. The number of para-hydroxylation sites is 1. The Morgan fingerprint density at radius 3 is 2.33 bits per heavy atom. The van der Waals surface area contributed by atoms with E-state index in [1.165, 1.54) is 44.6 Å². The second-order valence-corrected chi connectivity index (χ2v) is 11.2. The molecule has 10 heteroatoms. The maximum atomic E-state index is 13.8. The number of sulfonamides is 1. The van der Waals surface area contributed by atoms with Crippen LogP contribution in [0.1, 0.15) is 44.7 Å². The van der Waals surface area contributed by atoms with Gasteiger partial charge in [0, 0.05) is 18.1 Å². The Bertz CT molecular complexity index is 1420. The molecule has 1 unspecified atom stereocenters. The van der Waals surface area contributed by atoms with Gasteiger partial charge in [0.15, 0.2) is 11.5 Å². The zero-order valence-electron chi connectivity index (χ0n) is 22.4. The van der Waals surface area contributed by atoms with Gasteiger partial charge < -0.3 is 19.5 Å². The van der Waals surface area contributed by atoms with Gasteiger partial charge in [-0.25, -0.2) is 12.8 Å². The quantitative estimate of drug-likeness (QED) is 0.367. The molecule has 1 aliphatic rings. The van der Waals surface area contributed by atoms with Crippen LogP contribution in [-0.2, 0) is 14.8 Å². The molecule has 8 nitrogen and oxygen atoms in total. The molecule has 4 rings (SSSR count). The molecule has 1 atom stereocenters. The summed E-state index contributed by atoms with van der Waals surface area (Å²) in [7, 11) is -1.42. The normalized spacial score (nSPS) is 16.0. The monoisotopic (exact) mass is 556 g/mol. The molecule has 0 saturated carbocycles. The highest BCUT2D eigenvalue weighted by molar-refractivity contribution is 7.92.